The number of hydrogen-bond donors (Lipinski definition) is 1. The molecule has 5 aromatic rings. The van der Waals surface area contributed by atoms with E-state index in [9.17, 15) is 18.0 Å². The molecule has 0 radical (unpaired) electrons. The van der Waals surface area contributed by atoms with Gasteiger partial charge in [-0.3, -0.25) is 5.32 Å². The summed E-state index contributed by atoms with van der Waals surface area (Å²) in [5.41, 5.74) is 1.91. The molecule has 234 valence electrons. The Bertz CT molecular complexity index is 1820. The minimum Gasteiger partial charge on any atom is -0.486 e. The molecule has 0 saturated heterocycles. The SMILES string of the molecule is Cc1c(-c2cnc(NC(=O)OC(C)(C)C)nc2)n(-c2ccc(OCc3ccccc3)c(F)c2)c2c(OCC(F)(F)F)ncnc12. The Labute approximate surface area is 255 Å². The molecule has 1 N–H and O–H groups in total. The number of carbonyl (C=O) groups is 1. The monoisotopic (exact) mass is 624 g/mol. The Morgan fingerprint density at radius 2 is 1.67 bits per heavy atom. The van der Waals surface area contributed by atoms with E-state index in [0.717, 1.165) is 11.9 Å². The molecule has 0 spiro atoms. The van der Waals surface area contributed by atoms with Gasteiger partial charge in [-0.05, 0) is 45.4 Å². The quantitative estimate of drug-likeness (QED) is 0.181. The van der Waals surface area contributed by atoms with Gasteiger partial charge in [0.2, 0.25) is 11.8 Å². The van der Waals surface area contributed by atoms with E-state index in [4.69, 9.17) is 14.2 Å². The van der Waals surface area contributed by atoms with E-state index in [2.05, 4.69) is 25.3 Å². The molecule has 2 aromatic carbocycles. The zero-order valence-corrected chi connectivity index (χ0v) is 24.6. The van der Waals surface area contributed by atoms with Crippen LogP contribution in [0.4, 0.5) is 28.3 Å². The van der Waals surface area contributed by atoms with Gasteiger partial charge in [0.25, 0.3) is 0 Å². The lowest BCUT2D eigenvalue weighted by Crippen LogP contribution is -2.27. The largest absolute Gasteiger partial charge is 0.486 e. The summed E-state index contributed by atoms with van der Waals surface area (Å²) in [5.74, 6) is -1.14. The molecule has 0 unspecified atom stereocenters. The van der Waals surface area contributed by atoms with E-state index in [0.29, 0.717) is 16.8 Å². The molecule has 5 rings (SSSR count). The Hall–Kier alpha value is -5.27. The van der Waals surface area contributed by atoms with Gasteiger partial charge in [-0.1, -0.05) is 30.3 Å². The molecule has 14 heteroatoms. The lowest BCUT2D eigenvalue weighted by molar-refractivity contribution is -0.153. The maximum atomic E-state index is 15.4. The molecule has 10 nitrogen and oxygen atoms in total. The Morgan fingerprint density at radius 3 is 2.31 bits per heavy atom. The summed E-state index contributed by atoms with van der Waals surface area (Å²) < 4.78 is 72.3. The summed E-state index contributed by atoms with van der Waals surface area (Å²) in [7, 11) is 0. The number of anilines is 1. The van der Waals surface area contributed by atoms with Gasteiger partial charge < -0.3 is 18.8 Å². The van der Waals surface area contributed by atoms with E-state index >= 15 is 4.39 Å². The van der Waals surface area contributed by atoms with Gasteiger partial charge in [0, 0.05) is 35.3 Å². The molecule has 45 heavy (non-hydrogen) atoms. The standard InChI is InChI=1S/C31H28F4N6O4/c1-18-24-26(27(39-17-38-24)44-16-31(33,34)35)41(21-10-11-23(22(32)12-21)43-15-19-8-6-5-7-9-19)25(18)20-13-36-28(37-14-20)40-29(42)45-30(2,3)4/h5-14,17H,15-16H2,1-4H3,(H,36,37,40,42). The van der Waals surface area contributed by atoms with Crippen molar-refractivity contribution in [2.24, 2.45) is 0 Å². The van der Waals surface area contributed by atoms with Crippen LogP contribution in [0.2, 0.25) is 0 Å². The highest BCUT2D eigenvalue weighted by molar-refractivity contribution is 5.93. The van der Waals surface area contributed by atoms with E-state index in [1.807, 2.05) is 30.3 Å². The van der Waals surface area contributed by atoms with E-state index in [-0.39, 0.29) is 40.9 Å². The van der Waals surface area contributed by atoms with Crippen LogP contribution in [0.3, 0.4) is 0 Å². The third-order valence-corrected chi connectivity index (χ3v) is 6.27. The fraction of sp³-hybridized carbons (Fsp3) is 0.258. The average molecular weight is 625 g/mol. The van der Waals surface area contributed by atoms with Crippen LogP contribution in [0.25, 0.3) is 28.0 Å². The normalized spacial score (nSPS) is 11.8. The Kier molecular flexibility index (Phi) is 8.57. The van der Waals surface area contributed by atoms with Gasteiger partial charge in [0.05, 0.1) is 11.2 Å². The third-order valence-electron chi connectivity index (χ3n) is 6.27. The average Bonchev–Trinajstić information content (AvgIpc) is 3.27. The molecule has 0 aliphatic rings. The molecular formula is C31H28F4N6O4. The van der Waals surface area contributed by atoms with Crippen molar-refractivity contribution in [3.8, 4) is 28.6 Å². The fourth-order valence-corrected chi connectivity index (χ4v) is 4.48. The number of alkyl halides is 3. The third kappa shape index (κ3) is 7.45. The fourth-order valence-electron chi connectivity index (χ4n) is 4.48. The Balaban J connectivity index is 1.58. The van der Waals surface area contributed by atoms with Crippen molar-refractivity contribution in [1.82, 2.24) is 24.5 Å². The number of carbonyl (C=O) groups excluding carboxylic acids is 1. The topological polar surface area (TPSA) is 113 Å². The van der Waals surface area contributed by atoms with Crippen molar-refractivity contribution in [2.45, 2.75) is 46.1 Å². The van der Waals surface area contributed by atoms with Crippen LogP contribution in [0.15, 0.2) is 67.3 Å². The van der Waals surface area contributed by atoms with Gasteiger partial charge in [-0.2, -0.15) is 18.2 Å². The minimum absolute atomic E-state index is 0.0250. The second-order valence-corrected chi connectivity index (χ2v) is 10.9. The summed E-state index contributed by atoms with van der Waals surface area (Å²) in [6, 6.07) is 13.4. The molecule has 0 saturated carbocycles. The van der Waals surface area contributed by atoms with Crippen molar-refractivity contribution in [3.05, 3.63) is 84.2 Å². The highest BCUT2D eigenvalue weighted by Gasteiger charge is 2.31. The lowest BCUT2D eigenvalue weighted by Gasteiger charge is -2.19. The van der Waals surface area contributed by atoms with Crippen molar-refractivity contribution in [1.29, 1.82) is 0 Å². The first kappa shape index (κ1) is 31.2. The van der Waals surface area contributed by atoms with Gasteiger partial charge in [0.15, 0.2) is 18.2 Å². The molecule has 0 aliphatic heterocycles. The molecule has 0 aliphatic carbocycles. The summed E-state index contributed by atoms with van der Waals surface area (Å²) in [4.78, 5) is 28.8. The van der Waals surface area contributed by atoms with Crippen LogP contribution in [0.5, 0.6) is 11.6 Å². The maximum Gasteiger partial charge on any atom is 0.422 e. The molecular weight excluding hydrogens is 596 g/mol. The van der Waals surface area contributed by atoms with Gasteiger partial charge >= 0.3 is 12.3 Å². The number of aromatic nitrogens is 5. The highest BCUT2D eigenvalue weighted by atomic mass is 19.4. The first-order valence-electron chi connectivity index (χ1n) is 13.6. The highest BCUT2D eigenvalue weighted by Crippen LogP contribution is 2.39. The summed E-state index contributed by atoms with van der Waals surface area (Å²) in [6.45, 7) is 5.33. The maximum absolute atomic E-state index is 15.4. The van der Waals surface area contributed by atoms with Crippen LogP contribution >= 0.6 is 0 Å². The van der Waals surface area contributed by atoms with Gasteiger partial charge in [-0.25, -0.2) is 24.1 Å². The number of amides is 1. The smallest absolute Gasteiger partial charge is 0.422 e. The second kappa shape index (κ2) is 12.4. The number of ether oxygens (including phenoxy) is 3. The number of nitrogens with one attached hydrogen (secondary N) is 1. The molecule has 0 bridgehead atoms. The number of nitrogens with zero attached hydrogens (tertiary/aromatic N) is 5. The van der Waals surface area contributed by atoms with Crippen LogP contribution in [0, 0.1) is 12.7 Å². The van der Waals surface area contributed by atoms with Crippen molar-refractivity contribution >= 4 is 23.1 Å². The van der Waals surface area contributed by atoms with Gasteiger partial charge in [-0.15, -0.1) is 0 Å². The van der Waals surface area contributed by atoms with E-state index in [1.165, 1.54) is 29.1 Å². The Morgan fingerprint density at radius 1 is 0.956 bits per heavy atom. The number of rotatable bonds is 8. The lowest BCUT2D eigenvalue weighted by atomic mass is 10.1. The summed E-state index contributed by atoms with van der Waals surface area (Å²) in [6.07, 6.45) is -1.52. The van der Waals surface area contributed by atoms with E-state index in [1.54, 1.807) is 33.8 Å². The summed E-state index contributed by atoms with van der Waals surface area (Å²) in [5, 5.41) is 2.44. The predicted octanol–water partition coefficient (Wildman–Crippen LogP) is 7.19. The second-order valence-electron chi connectivity index (χ2n) is 10.9. The number of halogens is 4. The summed E-state index contributed by atoms with van der Waals surface area (Å²) >= 11 is 0. The zero-order valence-electron chi connectivity index (χ0n) is 24.6. The van der Waals surface area contributed by atoms with Crippen LogP contribution in [-0.4, -0.2) is 49.0 Å². The number of hydrogen-bond acceptors (Lipinski definition) is 8. The first-order chi connectivity index (χ1) is 21.3. The molecule has 3 aromatic heterocycles. The van der Waals surface area contributed by atoms with Crippen LogP contribution < -0.4 is 14.8 Å². The zero-order chi connectivity index (χ0) is 32.4. The number of aryl methyl sites for hydroxylation is 1. The van der Waals surface area contributed by atoms with Crippen LogP contribution in [0.1, 0.15) is 31.9 Å². The van der Waals surface area contributed by atoms with Crippen molar-refractivity contribution in [2.75, 3.05) is 11.9 Å². The predicted molar refractivity (Wildman–Crippen MR) is 157 cm³/mol. The number of fused-ring (bicyclic) bond motifs is 1. The molecule has 0 atom stereocenters. The van der Waals surface area contributed by atoms with Crippen LogP contribution in [-0.2, 0) is 11.3 Å². The van der Waals surface area contributed by atoms with E-state index < -0.39 is 30.3 Å². The molecule has 0 fully saturated rings. The minimum atomic E-state index is -4.64. The molecule has 1 amide bonds. The first-order valence-corrected chi connectivity index (χ1v) is 13.6. The van der Waals surface area contributed by atoms with Crippen molar-refractivity contribution in [3.63, 3.8) is 0 Å². The number of benzene rings is 2. The van der Waals surface area contributed by atoms with Gasteiger partial charge in [0.1, 0.15) is 24.1 Å². The molecule has 3 heterocycles. The van der Waals surface area contributed by atoms with Crippen molar-refractivity contribution < 1.29 is 36.6 Å².